The van der Waals surface area contributed by atoms with Crippen molar-refractivity contribution in [3.8, 4) is 0 Å². The highest BCUT2D eigenvalue weighted by Crippen LogP contribution is 2.29. The van der Waals surface area contributed by atoms with Gasteiger partial charge in [0.05, 0.1) is 27.2 Å². The van der Waals surface area contributed by atoms with Crippen molar-refractivity contribution in [1.29, 1.82) is 0 Å². The number of benzene rings is 2. The van der Waals surface area contributed by atoms with E-state index in [2.05, 4.69) is 5.32 Å². The summed E-state index contributed by atoms with van der Waals surface area (Å²) in [5.41, 5.74) is 0.234. The van der Waals surface area contributed by atoms with Gasteiger partial charge in [0, 0.05) is 12.6 Å². The number of nitrogens with zero attached hydrogens (tertiary/aromatic N) is 1. The largest absolute Gasteiger partial charge is 0.341 e. The molecule has 0 saturated carbocycles. The van der Waals surface area contributed by atoms with E-state index in [9.17, 15) is 26.8 Å². The summed E-state index contributed by atoms with van der Waals surface area (Å²) < 4.78 is 47.9. The number of para-hydroxylation sites is 1. The van der Waals surface area contributed by atoms with E-state index in [0.717, 1.165) is 29.2 Å². The predicted molar refractivity (Wildman–Crippen MR) is 102 cm³/mol. The molecule has 28 heavy (non-hydrogen) atoms. The summed E-state index contributed by atoms with van der Waals surface area (Å²) in [7, 11) is -3.40. The first-order valence-electron chi connectivity index (χ1n) is 7.65. The SMILES string of the molecule is CN(CC(=O)Nc1c(Cl)cccc1Cl)C(=O)c1ccc(S(=O)(=O)C(F)F)cc1. The van der Waals surface area contributed by atoms with Crippen molar-refractivity contribution in [1.82, 2.24) is 4.90 Å². The molecule has 0 saturated heterocycles. The first kappa shape index (κ1) is 22.1. The molecule has 2 aromatic rings. The van der Waals surface area contributed by atoms with Crippen LogP contribution in [-0.2, 0) is 14.6 Å². The van der Waals surface area contributed by atoms with Crippen molar-refractivity contribution in [2.24, 2.45) is 0 Å². The summed E-state index contributed by atoms with van der Waals surface area (Å²) >= 11 is 11.9. The Labute approximate surface area is 170 Å². The van der Waals surface area contributed by atoms with Gasteiger partial charge in [-0.05, 0) is 36.4 Å². The molecule has 2 aromatic carbocycles. The maximum absolute atomic E-state index is 12.5. The monoisotopic (exact) mass is 450 g/mol. The maximum Gasteiger partial charge on any atom is 0.341 e. The summed E-state index contributed by atoms with van der Waals surface area (Å²) in [6.45, 7) is -0.350. The van der Waals surface area contributed by atoms with E-state index in [1.165, 1.54) is 19.2 Å². The van der Waals surface area contributed by atoms with E-state index < -0.39 is 32.3 Å². The highest BCUT2D eigenvalue weighted by atomic mass is 35.5. The third kappa shape index (κ3) is 4.98. The Hall–Kier alpha value is -2.23. The molecule has 1 N–H and O–H groups in total. The minimum absolute atomic E-state index is 0.0271. The van der Waals surface area contributed by atoms with Crippen LogP contribution in [0.1, 0.15) is 10.4 Å². The summed E-state index contributed by atoms with van der Waals surface area (Å²) in [5.74, 6) is -4.73. The highest BCUT2D eigenvalue weighted by Gasteiger charge is 2.26. The molecule has 0 atom stereocenters. The summed E-state index contributed by atoms with van der Waals surface area (Å²) in [5, 5.41) is 2.95. The van der Waals surface area contributed by atoms with Crippen molar-refractivity contribution < 1.29 is 26.8 Å². The van der Waals surface area contributed by atoms with Gasteiger partial charge in [0.2, 0.25) is 15.7 Å². The normalized spacial score (nSPS) is 11.4. The Bertz CT molecular complexity index is 978. The van der Waals surface area contributed by atoms with Gasteiger partial charge >= 0.3 is 5.76 Å². The van der Waals surface area contributed by atoms with Crippen molar-refractivity contribution in [2.45, 2.75) is 10.7 Å². The number of nitrogens with one attached hydrogen (secondary N) is 1. The van der Waals surface area contributed by atoms with Gasteiger partial charge in [-0.2, -0.15) is 8.78 Å². The van der Waals surface area contributed by atoms with Crippen LogP contribution in [-0.4, -0.2) is 44.5 Å². The Balaban J connectivity index is 2.07. The second-order valence-corrected chi connectivity index (χ2v) is 8.37. The van der Waals surface area contributed by atoms with Gasteiger partial charge < -0.3 is 10.2 Å². The van der Waals surface area contributed by atoms with E-state index >= 15 is 0 Å². The first-order chi connectivity index (χ1) is 13.0. The Kier molecular flexibility index (Phi) is 6.97. The summed E-state index contributed by atoms with van der Waals surface area (Å²) in [4.78, 5) is 25.0. The van der Waals surface area contributed by atoms with Crippen molar-refractivity contribution in [3.05, 3.63) is 58.1 Å². The zero-order valence-corrected chi connectivity index (χ0v) is 16.7. The zero-order chi connectivity index (χ0) is 21.1. The predicted octanol–water partition coefficient (Wildman–Crippen LogP) is 3.70. The minimum Gasteiger partial charge on any atom is -0.332 e. The van der Waals surface area contributed by atoms with E-state index in [4.69, 9.17) is 23.2 Å². The van der Waals surface area contributed by atoms with Crippen molar-refractivity contribution in [2.75, 3.05) is 18.9 Å². The van der Waals surface area contributed by atoms with Gasteiger partial charge in [0.1, 0.15) is 0 Å². The average Bonchev–Trinajstić information content (AvgIpc) is 2.64. The summed E-state index contributed by atoms with van der Waals surface area (Å²) in [6.07, 6.45) is 0. The van der Waals surface area contributed by atoms with Crippen LogP contribution in [0.4, 0.5) is 14.5 Å². The zero-order valence-electron chi connectivity index (χ0n) is 14.3. The number of hydrogen-bond donors (Lipinski definition) is 1. The molecular formula is C17H14Cl2F2N2O4S. The van der Waals surface area contributed by atoms with Crippen molar-refractivity contribution >= 4 is 50.5 Å². The van der Waals surface area contributed by atoms with Crippen LogP contribution in [0.5, 0.6) is 0 Å². The number of alkyl halides is 2. The Morgan fingerprint density at radius 3 is 2.11 bits per heavy atom. The Morgan fingerprint density at radius 2 is 1.61 bits per heavy atom. The van der Waals surface area contributed by atoms with Gasteiger partial charge in [-0.25, -0.2) is 8.42 Å². The third-order valence-corrected chi connectivity index (χ3v) is 5.65. The number of amides is 2. The molecule has 0 heterocycles. The molecule has 6 nitrogen and oxygen atoms in total. The van der Waals surface area contributed by atoms with Gasteiger partial charge in [0.15, 0.2) is 0 Å². The molecule has 11 heteroatoms. The van der Waals surface area contributed by atoms with E-state index in [-0.39, 0.29) is 27.8 Å². The molecule has 2 rings (SSSR count). The molecule has 0 aromatic heterocycles. The van der Waals surface area contributed by atoms with Crippen LogP contribution in [0.15, 0.2) is 47.4 Å². The number of hydrogen-bond acceptors (Lipinski definition) is 4. The molecule has 150 valence electrons. The lowest BCUT2D eigenvalue weighted by atomic mass is 10.2. The van der Waals surface area contributed by atoms with Crippen LogP contribution in [0.25, 0.3) is 0 Å². The molecule has 0 fully saturated rings. The van der Waals surface area contributed by atoms with Crippen LogP contribution >= 0.6 is 23.2 Å². The molecular weight excluding hydrogens is 437 g/mol. The fourth-order valence-corrected chi connectivity index (χ4v) is 3.41. The number of rotatable bonds is 6. The van der Waals surface area contributed by atoms with E-state index in [1.807, 2.05) is 0 Å². The first-order valence-corrected chi connectivity index (χ1v) is 9.95. The molecule has 0 unspecified atom stereocenters. The van der Waals surface area contributed by atoms with Gasteiger partial charge in [-0.3, -0.25) is 9.59 Å². The lowest BCUT2D eigenvalue weighted by Crippen LogP contribution is -2.35. The molecule has 0 spiro atoms. The second-order valence-electron chi connectivity index (χ2n) is 5.64. The molecule has 0 radical (unpaired) electrons. The third-order valence-electron chi connectivity index (χ3n) is 3.62. The van der Waals surface area contributed by atoms with E-state index in [1.54, 1.807) is 6.07 Å². The second kappa shape index (κ2) is 8.85. The quantitative estimate of drug-likeness (QED) is 0.726. The fraction of sp³-hybridized carbons (Fsp3) is 0.176. The number of likely N-dealkylation sites (N-methyl/N-ethyl adjacent to an activating group) is 1. The average molecular weight is 451 g/mol. The maximum atomic E-state index is 12.5. The topological polar surface area (TPSA) is 83.6 Å². The van der Waals surface area contributed by atoms with Gasteiger partial charge in [-0.1, -0.05) is 29.3 Å². The standard InChI is InChI=1S/C17H14Cl2F2N2O4S/c1-23(9-14(24)22-15-12(18)3-2-4-13(15)19)16(25)10-5-7-11(8-6-10)28(26,27)17(20)21/h2-8,17H,9H2,1H3,(H,22,24). The lowest BCUT2D eigenvalue weighted by molar-refractivity contribution is -0.116. The number of halogens is 4. The van der Waals surface area contributed by atoms with Gasteiger partial charge in [-0.15, -0.1) is 0 Å². The molecule has 2 amide bonds. The van der Waals surface area contributed by atoms with Crippen LogP contribution in [0.2, 0.25) is 10.0 Å². The van der Waals surface area contributed by atoms with Crippen LogP contribution in [0, 0.1) is 0 Å². The fourth-order valence-electron chi connectivity index (χ4n) is 2.19. The minimum atomic E-state index is -4.75. The van der Waals surface area contributed by atoms with Crippen LogP contribution in [0.3, 0.4) is 0 Å². The smallest absolute Gasteiger partial charge is 0.332 e. The number of carbonyl (C=O) groups excluding carboxylic acids is 2. The Morgan fingerprint density at radius 1 is 1.07 bits per heavy atom. The molecule has 0 aliphatic heterocycles. The number of sulfone groups is 1. The molecule has 0 aliphatic rings. The lowest BCUT2D eigenvalue weighted by Gasteiger charge is -2.17. The number of carbonyl (C=O) groups is 2. The highest BCUT2D eigenvalue weighted by molar-refractivity contribution is 7.91. The van der Waals surface area contributed by atoms with Crippen molar-refractivity contribution in [3.63, 3.8) is 0 Å². The molecule has 0 bridgehead atoms. The summed E-state index contributed by atoms with van der Waals surface area (Å²) in [6, 6.07) is 8.68. The van der Waals surface area contributed by atoms with Gasteiger partial charge in [0.25, 0.3) is 5.91 Å². The molecule has 0 aliphatic carbocycles. The van der Waals surface area contributed by atoms with E-state index in [0.29, 0.717) is 0 Å². The number of anilines is 1. The van der Waals surface area contributed by atoms with Crippen LogP contribution < -0.4 is 5.32 Å².